The number of carbonyl (C=O) groups excluding carboxylic acids is 2. The van der Waals surface area contributed by atoms with E-state index < -0.39 is 0 Å². The highest BCUT2D eigenvalue weighted by Crippen LogP contribution is 2.11. The fourth-order valence-corrected chi connectivity index (χ4v) is 2.00. The van der Waals surface area contributed by atoms with Crippen molar-refractivity contribution in [2.45, 2.75) is 6.42 Å². The van der Waals surface area contributed by atoms with Gasteiger partial charge in [-0.3, -0.25) is 9.59 Å². The van der Waals surface area contributed by atoms with Crippen LogP contribution in [0, 0.1) is 0 Å². The summed E-state index contributed by atoms with van der Waals surface area (Å²) in [5.74, 6) is -0.140. The van der Waals surface area contributed by atoms with E-state index in [-0.39, 0.29) is 11.8 Å². The molecule has 0 aliphatic carbocycles. The van der Waals surface area contributed by atoms with Crippen LogP contribution in [0.5, 0.6) is 0 Å². The van der Waals surface area contributed by atoms with Crippen molar-refractivity contribution >= 4 is 17.5 Å². The highest BCUT2D eigenvalue weighted by Gasteiger charge is 2.16. The zero-order chi connectivity index (χ0) is 14.4. The number of benzene rings is 1. The van der Waals surface area contributed by atoms with E-state index in [2.05, 4.69) is 11.9 Å². The lowest BCUT2D eigenvalue weighted by atomic mass is 10.1. The number of rotatable bonds is 4. The van der Waals surface area contributed by atoms with Crippen LogP contribution >= 0.6 is 0 Å². The van der Waals surface area contributed by atoms with E-state index >= 15 is 0 Å². The molecule has 0 aromatic heterocycles. The van der Waals surface area contributed by atoms with Gasteiger partial charge < -0.3 is 15.0 Å². The summed E-state index contributed by atoms with van der Waals surface area (Å²) in [6, 6.07) is 7.25. The highest BCUT2D eigenvalue weighted by molar-refractivity contribution is 5.98. The first-order chi connectivity index (χ1) is 9.69. The summed E-state index contributed by atoms with van der Waals surface area (Å²) in [5, 5.41) is 2.67. The Bertz CT molecular complexity index is 490. The summed E-state index contributed by atoms with van der Waals surface area (Å²) in [4.78, 5) is 25.0. The normalized spacial score (nSPS) is 14.7. The molecule has 1 aliphatic rings. The van der Waals surface area contributed by atoms with Gasteiger partial charge in [0.1, 0.15) is 0 Å². The van der Waals surface area contributed by atoms with Crippen molar-refractivity contribution in [1.82, 2.24) is 4.90 Å². The summed E-state index contributed by atoms with van der Waals surface area (Å²) < 4.78 is 5.22. The van der Waals surface area contributed by atoms with Gasteiger partial charge in [0.25, 0.3) is 0 Å². The van der Waals surface area contributed by atoms with Crippen molar-refractivity contribution in [3.63, 3.8) is 0 Å². The molecule has 0 saturated carbocycles. The van der Waals surface area contributed by atoms with Crippen LogP contribution in [0.2, 0.25) is 0 Å². The Morgan fingerprint density at radius 1 is 1.25 bits per heavy atom. The lowest BCUT2D eigenvalue weighted by Gasteiger charge is -2.26. The third-order valence-corrected chi connectivity index (χ3v) is 3.13. The van der Waals surface area contributed by atoms with Gasteiger partial charge in [-0.25, -0.2) is 0 Å². The quantitative estimate of drug-likeness (QED) is 0.840. The van der Waals surface area contributed by atoms with Crippen LogP contribution in [0.25, 0.3) is 0 Å². The predicted molar refractivity (Wildman–Crippen MR) is 76.4 cm³/mol. The van der Waals surface area contributed by atoms with Crippen LogP contribution in [0.3, 0.4) is 0 Å². The number of hydrogen-bond acceptors (Lipinski definition) is 3. The van der Waals surface area contributed by atoms with Crippen molar-refractivity contribution in [2.75, 3.05) is 31.6 Å². The fourth-order valence-electron chi connectivity index (χ4n) is 2.00. The van der Waals surface area contributed by atoms with E-state index in [0.717, 1.165) is 5.56 Å². The van der Waals surface area contributed by atoms with Crippen LogP contribution in [-0.4, -0.2) is 43.0 Å². The van der Waals surface area contributed by atoms with Gasteiger partial charge in [0.05, 0.1) is 19.6 Å². The van der Waals surface area contributed by atoms with Crippen LogP contribution in [0.1, 0.15) is 5.56 Å². The molecular weight excluding hydrogens is 256 g/mol. The summed E-state index contributed by atoms with van der Waals surface area (Å²) >= 11 is 0. The average Bonchev–Trinajstić information content (AvgIpc) is 2.50. The molecule has 20 heavy (non-hydrogen) atoms. The van der Waals surface area contributed by atoms with Crippen molar-refractivity contribution < 1.29 is 14.3 Å². The molecular formula is C15H18N2O3. The van der Waals surface area contributed by atoms with E-state index in [1.807, 2.05) is 17.0 Å². The number of hydrogen-bond donors (Lipinski definition) is 1. The smallest absolute Gasteiger partial charge is 0.247 e. The summed E-state index contributed by atoms with van der Waals surface area (Å²) in [6.45, 7) is 5.93. The molecule has 106 valence electrons. The average molecular weight is 274 g/mol. The minimum absolute atomic E-state index is 0.108. The Kier molecular flexibility index (Phi) is 4.90. The van der Waals surface area contributed by atoms with E-state index in [1.165, 1.54) is 6.08 Å². The lowest BCUT2D eigenvalue weighted by molar-refractivity contribution is -0.134. The fraction of sp³-hybridized carbons (Fsp3) is 0.333. The molecule has 2 rings (SSSR count). The molecule has 1 saturated heterocycles. The molecule has 5 heteroatoms. The summed E-state index contributed by atoms with van der Waals surface area (Å²) in [5.41, 5.74) is 1.62. The van der Waals surface area contributed by atoms with Crippen LogP contribution in [-0.2, 0) is 20.7 Å². The zero-order valence-electron chi connectivity index (χ0n) is 11.3. The first-order valence-electron chi connectivity index (χ1n) is 6.57. The third-order valence-electron chi connectivity index (χ3n) is 3.13. The molecule has 0 atom stereocenters. The molecule has 1 aromatic rings. The van der Waals surface area contributed by atoms with Gasteiger partial charge in [0.15, 0.2) is 0 Å². The maximum atomic E-state index is 12.1. The van der Waals surface area contributed by atoms with E-state index in [4.69, 9.17) is 4.74 Å². The lowest BCUT2D eigenvalue weighted by Crippen LogP contribution is -2.41. The number of morpholine rings is 1. The van der Waals surface area contributed by atoms with E-state index in [1.54, 1.807) is 12.1 Å². The number of nitrogens with one attached hydrogen (secondary N) is 1. The molecule has 5 nitrogen and oxygen atoms in total. The Morgan fingerprint density at radius 3 is 2.50 bits per heavy atom. The third kappa shape index (κ3) is 3.93. The van der Waals surface area contributed by atoms with E-state index in [9.17, 15) is 9.59 Å². The first-order valence-corrected chi connectivity index (χ1v) is 6.57. The van der Waals surface area contributed by atoms with Gasteiger partial charge >= 0.3 is 0 Å². The number of carbonyl (C=O) groups is 2. The highest BCUT2D eigenvalue weighted by atomic mass is 16.5. The molecule has 1 fully saturated rings. The molecule has 0 spiro atoms. The number of anilines is 1. The molecule has 0 unspecified atom stereocenters. The number of ether oxygens (including phenoxy) is 1. The molecule has 0 radical (unpaired) electrons. The largest absolute Gasteiger partial charge is 0.378 e. The number of nitrogens with zero attached hydrogens (tertiary/aromatic N) is 1. The Hall–Kier alpha value is -2.14. The summed E-state index contributed by atoms with van der Waals surface area (Å²) in [6.07, 6.45) is 1.59. The Labute approximate surface area is 118 Å². The Morgan fingerprint density at radius 2 is 1.90 bits per heavy atom. The van der Waals surface area contributed by atoms with Crippen molar-refractivity contribution in [3.05, 3.63) is 42.5 Å². The SMILES string of the molecule is C=CC(=O)Nc1ccc(CC(=O)N2CCOCC2)cc1. The second kappa shape index (κ2) is 6.86. The molecule has 1 aromatic carbocycles. The second-order valence-electron chi connectivity index (χ2n) is 4.56. The maximum Gasteiger partial charge on any atom is 0.247 e. The second-order valence-corrected chi connectivity index (χ2v) is 4.56. The molecule has 2 amide bonds. The monoisotopic (exact) mass is 274 g/mol. The van der Waals surface area contributed by atoms with Gasteiger partial charge in [-0.05, 0) is 23.8 Å². The molecule has 1 N–H and O–H groups in total. The van der Waals surface area contributed by atoms with Crippen LogP contribution < -0.4 is 5.32 Å². The van der Waals surface area contributed by atoms with Gasteiger partial charge in [0.2, 0.25) is 11.8 Å². The zero-order valence-corrected chi connectivity index (χ0v) is 11.3. The van der Waals surface area contributed by atoms with Gasteiger partial charge in [-0.15, -0.1) is 0 Å². The van der Waals surface area contributed by atoms with E-state index in [0.29, 0.717) is 38.4 Å². The van der Waals surface area contributed by atoms with Crippen LogP contribution in [0.15, 0.2) is 36.9 Å². The van der Waals surface area contributed by atoms with Crippen molar-refractivity contribution in [2.24, 2.45) is 0 Å². The molecule has 0 bridgehead atoms. The number of amides is 2. The van der Waals surface area contributed by atoms with Gasteiger partial charge in [-0.2, -0.15) is 0 Å². The first kappa shape index (κ1) is 14.3. The van der Waals surface area contributed by atoms with Gasteiger partial charge in [-0.1, -0.05) is 18.7 Å². The van der Waals surface area contributed by atoms with Crippen molar-refractivity contribution in [3.8, 4) is 0 Å². The van der Waals surface area contributed by atoms with Crippen molar-refractivity contribution in [1.29, 1.82) is 0 Å². The maximum absolute atomic E-state index is 12.1. The minimum atomic E-state index is -0.248. The summed E-state index contributed by atoms with van der Waals surface area (Å²) in [7, 11) is 0. The molecule has 1 aliphatic heterocycles. The van der Waals surface area contributed by atoms with Crippen LogP contribution in [0.4, 0.5) is 5.69 Å². The predicted octanol–water partition coefficient (Wildman–Crippen LogP) is 1.21. The van der Waals surface area contributed by atoms with Gasteiger partial charge in [0, 0.05) is 18.8 Å². The standard InChI is InChI=1S/C15H18N2O3/c1-2-14(18)16-13-5-3-12(4-6-13)11-15(19)17-7-9-20-10-8-17/h2-6H,1,7-11H2,(H,16,18). The molecule has 1 heterocycles. The minimum Gasteiger partial charge on any atom is -0.378 e. The topological polar surface area (TPSA) is 58.6 Å². The Balaban J connectivity index is 1.91.